The number of sulfonamides is 1. The smallest absolute Gasteiger partial charge is 0.245 e. The molecule has 0 aliphatic carbocycles. The van der Waals surface area contributed by atoms with Crippen molar-refractivity contribution in [1.29, 1.82) is 0 Å². The summed E-state index contributed by atoms with van der Waals surface area (Å²) in [7, 11) is -3.93. The van der Waals surface area contributed by atoms with Crippen LogP contribution in [0.1, 0.15) is 11.3 Å². The van der Waals surface area contributed by atoms with Gasteiger partial charge in [-0.3, -0.25) is 0 Å². The van der Waals surface area contributed by atoms with Crippen LogP contribution in [0, 0.1) is 6.92 Å². The largest absolute Gasteiger partial charge is 0.359 e. The predicted molar refractivity (Wildman–Crippen MR) is 110 cm³/mol. The second-order valence-corrected chi connectivity index (χ2v) is 8.96. The molecule has 3 aromatic carbocycles. The van der Waals surface area contributed by atoms with E-state index in [9.17, 15) is 13.2 Å². The molecule has 7 heteroatoms. The lowest BCUT2D eigenvalue weighted by Gasteiger charge is -2.15. The second-order valence-electron chi connectivity index (χ2n) is 7.10. The van der Waals surface area contributed by atoms with E-state index < -0.39 is 16.1 Å². The van der Waals surface area contributed by atoms with Crippen LogP contribution in [0.5, 0.6) is 0 Å². The van der Waals surface area contributed by atoms with Gasteiger partial charge < -0.3 is 0 Å². The molecule has 29 heavy (non-hydrogen) atoms. The average molecular weight is 403 g/mol. The van der Waals surface area contributed by atoms with Crippen LogP contribution in [0.2, 0.25) is 0 Å². The van der Waals surface area contributed by atoms with Gasteiger partial charge in [-0.25, -0.2) is 17.5 Å². The van der Waals surface area contributed by atoms with Crippen molar-refractivity contribution < 1.29 is 13.2 Å². The number of hydrogen-bond donors (Lipinski definition) is 0. The van der Waals surface area contributed by atoms with Crippen LogP contribution in [0.15, 0.2) is 77.7 Å². The molecule has 2 heterocycles. The maximum Gasteiger partial charge on any atom is 0.359 e. The van der Waals surface area contributed by atoms with E-state index in [-0.39, 0.29) is 11.4 Å². The van der Waals surface area contributed by atoms with Gasteiger partial charge in [-0.2, -0.15) is 9.78 Å². The molecule has 1 aliphatic heterocycles. The lowest BCUT2D eigenvalue weighted by atomic mass is 10.1. The summed E-state index contributed by atoms with van der Waals surface area (Å²) in [6, 6.07) is 21.5. The first-order valence-electron chi connectivity index (χ1n) is 9.15. The molecule has 0 N–H and O–H groups in total. The number of rotatable bonds is 3. The highest BCUT2D eigenvalue weighted by atomic mass is 32.2. The Hall–Kier alpha value is -3.45. The maximum absolute atomic E-state index is 12.9. The lowest BCUT2D eigenvalue weighted by molar-refractivity contribution is 0.229. The molecule has 1 aromatic heterocycles. The van der Waals surface area contributed by atoms with Crippen molar-refractivity contribution in [3.05, 3.63) is 84.1 Å². The van der Waals surface area contributed by atoms with Crippen molar-refractivity contribution in [3.63, 3.8) is 0 Å². The van der Waals surface area contributed by atoms with E-state index in [4.69, 9.17) is 0 Å². The molecule has 0 radical (unpaired) electrons. The van der Waals surface area contributed by atoms with Crippen molar-refractivity contribution in [1.82, 2.24) is 14.1 Å². The summed E-state index contributed by atoms with van der Waals surface area (Å²) in [5.41, 5.74) is 3.02. The van der Waals surface area contributed by atoms with Crippen molar-refractivity contribution in [2.45, 2.75) is 18.4 Å². The van der Waals surface area contributed by atoms with E-state index >= 15 is 0 Å². The van der Waals surface area contributed by atoms with Crippen LogP contribution in [0.3, 0.4) is 0 Å². The Balaban J connectivity index is 1.48. The molecule has 0 unspecified atom stereocenters. The van der Waals surface area contributed by atoms with Crippen LogP contribution >= 0.6 is 0 Å². The van der Waals surface area contributed by atoms with Gasteiger partial charge in [-0.1, -0.05) is 54.1 Å². The number of aromatic nitrogens is 2. The summed E-state index contributed by atoms with van der Waals surface area (Å²) in [6.45, 7) is 1.84. The Morgan fingerprint density at radius 3 is 2.34 bits per heavy atom. The minimum Gasteiger partial charge on any atom is -0.245 e. The van der Waals surface area contributed by atoms with Gasteiger partial charge in [0.1, 0.15) is 0 Å². The highest BCUT2D eigenvalue weighted by molar-refractivity contribution is 7.89. The minimum absolute atomic E-state index is 0.0321. The standard InChI is InChI=1S/C22H17N3O3S/c1-15-6-10-20(11-7-15)29(27,28)24-14-19-13-21(23-25(19)22(24)26)18-9-8-16-4-2-3-5-17(16)12-18/h2-13H,14H2,1H3. The molecule has 0 spiro atoms. The summed E-state index contributed by atoms with van der Waals surface area (Å²) >= 11 is 0. The summed E-state index contributed by atoms with van der Waals surface area (Å²) in [4.78, 5) is 12.9. The molecular weight excluding hydrogens is 386 g/mol. The molecule has 6 nitrogen and oxygen atoms in total. The highest BCUT2D eigenvalue weighted by Crippen LogP contribution is 2.29. The monoisotopic (exact) mass is 403 g/mol. The number of hydrogen-bond acceptors (Lipinski definition) is 4. The molecule has 0 atom stereocenters. The van der Waals surface area contributed by atoms with Gasteiger partial charge in [0.15, 0.2) is 0 Å². The zero-order valence-electron chi connectivity index (χ0n) is 15.6. The summed E-state index contributed by atoms with van der Waals surface area (Å²) < 4.78 is 27.8. The first-order valence-corrected chi connectivity index (χ1v) is 10.6. The molecule has 0 fully saturated rings. The fourth-order valence-corrected chi connectivity index (χ4v) is 4.85. The minimum atomic E-state index is -3.93. The van der Waals surface area contributed by atoms with E-state index in [0.717, 1.165) is 26.2 Å². The van der Waals surface area contributed by atoms with E-state index in [2.05, 4.69) is 5.10 Å². The van der Waals surface area contributed by atoms with Gasteiger partial charge in [0.2, 0.25) is 0 Å². The van der Waals surface area contributed by atoms with E-state index in [0.29, 0.717) is 11.4 Å². The summed E-state index contributed by atoms with van der Waals surface area (Å²) in [5, 5.41) is 6.58. The zero-order valence-corrected chi connectivity index (χ0v) is 16.4. The Morgan fingerprint density at radius 2 is 1.62 bits per heavy atom. The molecule has 5 rings (SSSR count). The fraction of sp³-hybridized carbons (Fsp3) is 0.0909. The first-order chi connectivity index (χ1) is 13.9. The number of benzene rings is 3. The number of carbonyl (C=O) groups is 1. The third-order valence-electron chi connectivity index (χ3n) is 5.14. The van der Waals surface area contributed by atoms with E-state index in [1.54, 1.807) is 18.2 Å². The van der Waals surface area contributed by atoms with Crippen molar-refractivity contribution >= 4 is 26.8 Å². The third kappa shape index (κ3) is 2.82. The molecule has 1 aliphatic rings. The van der Waals surface area contributed by atoms with Crippen molar-refractivity contribution in [2.75, 3.05) is 0 Å². The molecule has 0 saturated carbocycles. The van der Waals surface area contributed by atoms with Crippen LogP contribution < -0.4 is 0 Å². The van der Waals surface area contributed by atoms with Crippen LogP contribution in [0.4, 0.5) is 4.79 Å². The van der Waals surface area contributed by atoms with Gasteiger partial charge in [0.25, 0.3) is 10.0 Å². The van der Waals surface area contributed by atoms with E-state index in [1.165, 1.54) is 16.8 Å². The van der Waals surface area contributed by atoms with Gasteiger partial charge in [-0.15, -0.1) is 0 Å². The summed E-state index contributed by atoms with van der Waals surface area (Å²) in [6.07, 6.45) is 0. The van der Waals surface area contributed by atoms with E-state index in [1.807, 2.05) is 49.4 Å². The number of carbonyl (C=O) groups excluding carboxylic acids is 1. The molecule has 1 amide bonds. The topological polar surface area (TPSA) is 72.3 Å². The molecule has 144 valence electrons. The van der Waals surface area contributed by atoms with Crippen LogP contribution in [-0.4, -0.2) is 28.5 Å². The number of aryl methyl sites for hydroxylation is 1. The Bertz CT molecular complexity index is 1370. The van der Waals surface area contributed by atoms with Crippen LogP contribution in [0.25, 0.3) is 22.0 Å². The van der Waals surface area contributed by atoms with Gasteiger partial charge in [-0.05, 0) is 42.0 Å². The van der Waals surface area contributed by atoms with Gasteiger partial charge in [0, 0.05) is 5.56 Å². The molecule has 0 saturated heterocycles. The SMILES string of the molecule is Cc1ccc(S(=O)(=O)N2Cc3cc(-c4ccc5ccccc5c4)nn3C2=O)cc1. The number of fused-ring (bicyclic) bond motifs is 2. The quantitative estimate of drug-likeness (QED) is 0.514. The first kappa shape index (κ1) is 17.6. The summed E-state index contributed by atoms with van der Waals surface area (Å²) in [5.74, 6) is 0. The number of nitrogens with zero attached hydrogens (tertiary/aromatic N) is 3. The van der Waals surface area contributed by atoms with Gasteiger partial charge in [0.05, 0.1) is 22.8 Å². The Morgan fingerprint density at radius 1 is 0.897 bits per heavy atom. The second kappa shape index (κ2) is 6.28. The maximum atomic E-state index is 12.9. The Labute approximate surface area is 168 Å². The normalized spacial score (nSPS) is 13.8. The predicted octanol–water partition coefficient (Wildman–Crippen LogP) is 4.18. The number of amides is 1. The lowest BCUT2D eigenvalue weighted by Crippen LogP contribution is -2.33. The fourth-order valence-electron chi connectivity index (χ4n) is 3.53. The average Bonchev–Trinajstić information content (AvgIpc) is 3.28. The molecule has 4 aromatic rings. The molecular formula is C22H17N3O3S. The Kier molecular flexibility index (Phi) is 3.82. The highest BCUT2D eigenvalue weighted by Gasteiger charge is 2.38. The third-order valence-corrected chi connectivity index (χ3v) is 6.87. The van der Waals surface area contributed by atoms with Crippen molar-refractivity contribution in [3.8, 4) is 11.3 Å². The zero-order chi connectivity index (χ0) is 20.2. The van der Waals surface area contributed by atoms with Crippen molar-refractivity contribution in [2.24, 2.45) is 0 Å². The van der Waals surface area contributed by atoms with Crippen LogP contribution in [-0.2, 0) is 16.6 Å². The van der Waals surface area contributed by atoms with Gasteiger partial charge >= 0.3 is 6.03 Å². The molecule has 0 bridgehead atoms.